The Kier molecular flexibility index (Phi) is 5.55. The van der Waals surface area contributed by atoms with Gasteiger partial charge in [0, 0.05) is 27.9 Å². The van der Waals surface area contributed by atoms with Crippen LogP contribution >= 0.6 is 23.7 Å². The lowest BCUT2D eigenvalue weighted by atomic mass is 10.0. The van der Waals surface area contributed by atoms with Crippen LogP contribution in [-0.2, 0) is 0 Å². The molecule has 0 radical (unpaired) electrons. The zero-order valence-corrected chi connectivity index (χ0v) is 17.2. The Bertz CT molecular complexity index is 993. The van der Waals surface area contributed by atoms with Crippen molar-refractivity contribution in [2.45, 2.75) is 39.7 Å². The van der Waals surface area contributed by atoms with Crippen molar-refractivity contribution in [2.75, 3.05) is 6.54 Å². The van der Waals surface area contributed by atoms with Crippen LogP contribution in [0.5, 0.6) is 0 Å². The lowest BCUT2D eigenvalue weighted by Crippen LogP contribution is -2.41. The Morgan fingerprint density at radius 3 is 2.70 bits per heavy atom. The summed E-state index contributed by atoms with van der Waals surface area (Å²) >= 11 is 1.71. The maximum atomic E-state index is 13.0. The van der Waals surface area contributed by atoms with Crippen LogP contribution in [0.2, 0.25) is 0 Å². The van der Waals surface area contributed by atoms with Gasteiger partial charge in [0.05, 0.1) is 22.3 Å². The normalized spacial score (nSPS) is 14.8. The second kappa shape index (κ2) is 7.58. The van der Waals surface area contributed by atoms with E-state index in [1.807, 2.05) is 13.0 Å². The summed E-state index contributed by atoms with van der Waals surface area (Å²) in [5, 5.41) is 7.77. The number of nitrogens with one attached hydrogen (secondary N) is 1. The van der Waals surface area contributed by atoms with Crippen molar-refractivity contribution in [3.05, 3.63) is 33.1 Å². The van der Waals surface area contributed by atoms with Crippen LogP contribution in [-0.4, -0.2) is 28.6 Å². The number of hydrogen-bond donors (Lipinski definition) is 2. The summed E-state index contributed by atoms with van der Waals surface area (Å²) in [5.74, 6) is 0.350. The van der Waals surface area contributed by atoms with Gasteiger partial charge in [-0.25, -0.2) is 4.98 Å². The molecule has 27 heavy (non-hydrogen) atoms. The summed E-state index contributed by atoms with van der Waals surface area (Å²) < 4.78 is 5.38. The SMILES string of the molecule is Cc1cc(-c2cc(C(=O)NC(CN)C3CC3)c3c(C)noc3n2)c(C)s1.Cl. The number of carbonyl (C=O) groups excluding carboxylic acids is 1. The van der Waals surface area contributed by atoms with E-state index in [4.69, 9.17) is 10.3 Å². The zero-order valence-electron chi connectivity index (χ0n) is 15.5. The molecule has 1 saturated carbocycles. The molecule has 3 aromatic rings. The van der Waals surface area contributed by atoms with Crippen molar-refractivity contribution in [1.29, 1.82) is 0 Å². The first-order valence-electron chi connectivity index (χ1n) is 8.83. The first-order chi connectivity index (χ1) is 12.5. The van der Waals surface area contributed by atoms with Crippen LogP contribution in [0.25, 0.3) is 22.4 Å². The van der Waals surface area contributed by atoms with Gasteiger partial charge in [0.1, 0.15) is 0 Å². The molecule has 144 valence electrons. The summed E-state index contributed by atoms with van der Waals surface area (Å²) in [6.45, 7) is 6.39. The lowest BCUT2D eigenvalue weighted by molar-refractivity contribution is 0.0935. The minimum Gasteiger partial charge on any atom is -0.348 e. The highest BCUT2D eigenvalue weighted by molar-refractivity contribution is 7.12. The maximum Gasteiger partial charge on any atom is 0.259 e. The number of pyridine rings is 1. The molecule has 0 aliphatic heterocycles. The molecule has 1 aliphatic rings. The number of aromatic nitrogens is 2. The first kappa shape index (κ1) is 19.8. The van der Waals surface area contributed by atoms with Crippen LogP contribution in [0.4, 0.5) is 0 Å². The van der Waals surface area contributed by atoms with Crippen LogP contribution in [0, 0.1) is 26.7 Å². The van der Waals surface area contributed by atoms with Crippen LogP contribution in [0.15, 0.2) is 16.7 Å². The van der Waals surface area contributed by atoms with Crippen molar-refractivity contribution in [3.63, 3.8) is 0 Å². The number of nitrogens with zero attached hydrogens (tertiary/aromatic N) is 2. The highest BCUT2D eigenvalue weighted by Gasteiger charge is 2.32. The number of aryl methyl sites for hydroxylation is 3. The van der Waals surface area contributed by atoms with Gasteiger partial charge in [0.15, 0.2) is 0 Å². The van der Waals surface area contributed by atoms with Gasteiger partial charge in [0.25, 0.3) is 11.6 Å². The molecule has 0 bridgehead atoms. The Balaban J connectivity index is 0.00000210. The second-order valence-corrected chi connectivity index (χ2v) is 8.44. The average molecular weight is 407 g/mol. The third-order valence-corrected chi connectivity index (χ3v) is 5.91. The molecule has 1 unspecified atom stereocenters. The van der Waals surface area contributed by atoms with Crippen molar-refractivity contribution >= 4 is 40.8 Å². The van der Waals surface area contributed by atoms with Crippen molar-refractivity contribution in [1.82, 2.24) is 15.5 Å². The monoisotopic (exact) mass is 406 g/mol. The summed E-state index contributed by atoms with van der Waals surface area (Å²) in [5.41, 5.74) is 9.21. The van der Waals surface area contributed by atoms with E-state index >= 15 is 0 Å². The van der Waals surface area contributed by atoms with Crippen LogP contribution in [0.1, 0.15) is 38.6 Å². The number of carbonyl (C=O) groups is 1. The van der Waals surface area contributed by atoms with Gasteiger partial charge in [-0.05, 0) is 51.7 Å². The fourth-order valence-corrected chi connectivity index (χ4v) is 4.34. The van der Waals surface area contributed by atoms with E-state index in [2.05, 4.69) is 35.4 Å². The number of fused-ring (bicyclic) bond motifs is 1. The zero-order chi connectivity index (χ0) is 18.4. The summed E-state index contributed by atoms with van der Waals surface area (Å²) in [4.78, 5) is 20.0. The molecule has 8 heteroatoms. The molecule has 3 heterocycles. The van der Waals surface area contributed by atoms with E-state index < -0.39 is 0 Å². The standard InChI is InChI=1S/C19H22N4O2S.ClH/c1-9-6-13(11(3)26-9)15-7-14(17-10(2)23-25-19(17)22-15)18(24)21-16(8-20)12-4-5-12;/h6-7,12,16H,4-5,8,20H2,1-3H3,(H,21,24);1H. The van der Waals surface area contributed by atoms with Gasteiger partial charge in [-0.2, -0.15) is 0 Å². The predicted octanol–water partition coefficient (Wildman–Crippen LogP) is 3.77. The summed E-state index contributed by atoms with van der Waals surface area (Å²) in [6.07, 6.45) is 2.25. The van der Waals surface area contributed by atoms with Crippen LogP contribution in [0.3, 0.4) is 0 Å². The van der Waals surface area contributed by atoms with Crippen LogP contribution < -0.4 is 11.1 Å². The number of rotatable bonds is 5. The molecular weight excluding hydrogens is 384 g/mol. The van der Waals surface area contributed by atoms with E-state index in [1.165, 1.54) is 4.88 Å². The molecule has 1 fully saturated rings. The van der Waals surface area contributed by atoms with E-state index in [-0.39, 0.29) is 24.4 Å². The minimum absolute atomic E-state index is 0. The molecule has 0 spiro atoms. The number of halogens is 1. The Morgan fingerprint density at radius 1 is 1.37 bits per heavy atom. The maximum absolute atomic E-state index is 13.0. The third-order valence-electron chi connectivity index (χ3n) is 4.94. The number of amides is 1. The highest BCUT2D eigenvalue weighted by Crippen LogP contribution is 2.34. The molecule has 4 rings (SSSR count). The van der Waals surface area contributed by atoms with Gasteiger partial charge >= 0.3 is 0 Å². The number of nitrogens with two attached hydrogens (primary N) is 1. The fourth-order valence-electron chi connectivity index (χ4n) is 3.41. The number of hydrogen-bond acceptors (Lipinski definition) is 6. The smallest absolute Gasteiger partial charge is 0.259 e. The lowest BCUT2D eigenvalue weighted by Gasteiger charge is -2.16. The van der Waals surface area contributed by atoms with E-state index in [9.17, 15) is 4.79 Å². The van der Waals surface area contributed by atoms with Gasteiger partial charge in [0.2, 0.25) is 0 Å². The van der Waals surface area contributed by atoms with Gasteiger partial charge in [-0.3, -0.25) is 4.79 Å². The van der Waals surface area contributed by atoms with E-state index in [1.54, 1.807) is 11.3 Å². The summed E-state index contributed by atoms with van der Waals surface area (Å²) in [7, 11) is 0. The number of thiophene rings is 1. The van der Waals surface area contributed by atoms with E-state index in [0.29, 0.717) is 34.8 Å². The van der Waals surface area contributed by atoms with E-state index in [0.717, 1.165) is 29.0 Å². The third kappa shape index (κ3) is 3.72. The quantitative estimate of drug-likeness (QED) is 0.672. The first-order valence-corrected chi connectivity index (χ1v) is 9.65. The fraction of sp³-hybridized carbons (Fsp3) is 0.421. The molecule has 1 aliphatic carbocycles. The van der Waals surface area contributed by atoms with Gasteiger partial charge < -0.3 is 15.6 Å². The largest absolute Gasteiger partial charge is 0.348 e. The molecule has 6 nitrogen and oxygen atoms in total. The Hall–Kier alpha value is -1.96. The Labute approximate surface area is 167 Å². The average Bonchev–Trinajstić information content (AvgIpc) is 3.31. The van der Waals surface area contributed by atoms with Crippen molar-refractivity contribution in [3.8, 4) is 11.3 Å². The molecule has 3 aromatic heterocycles. The molecule has 0 saturated heterocycles. The topological polar surface area (TPSA) is 94.0 Å². The van der Waals surface area contributed by atoms with Crippen molar-refractivity contribution < 1.29 is 9.32 Å². The molecular formula is C19H23ClN4O2S. The molecule has 1 atom stereocenters. The van der Waals surface area contributed by atoms with Gasteiger partial charge in [-0.15, -0.1) is 23.7 Å². The van der Waals surface area contributed by atoms with Crippen molar-refractivity contribution in [2.24, 2.45) is 11.7 Å². The molecule has 3 N–H and O–H groups in total. The highest BCUT2D eigenvalue weighted by atomic mass is 35.5. The minimum atomic E-state index is -0.142. The summed E-state index contributed by atoms with van der Waals surface area (Å²) in [6, 6.07) is 3.95. The Morgan fingerprint density at radius 2 is 2.11 bits per heavy atom. The predicted molar refractivity (Wildman–Crippen MR) is 110 cm³/mol. The second-order valence-electron chi connectivity index (χ2n) is 6.98. The van der Waals surface area contributed by atoms with Gasteiger partial charge in [-0.1, -0.05) is 5.16 Å². The molecule has 1 amide bonds. The molecule has 0 aromatic carbocycles.